The molecule has 45 heavy (non-hydrogen) atoms. The Morgan fingerprint density at radius 3 is 1.89 bits per heavy atom. The normalized spacial score (nSPS) is 32.4. The monoisotopic (exact) mass is 636 g/mol. The van der Waals surface area contributed by atoms with E-state index in [9.17, 15) is 44.1 Å². The number of carbonyl (C=O) groups is 6. The van der Waals surface area contributed by atoms with E-state index in [-0.39, 0.29) is 60.9 Å². The molecular formula is C30H44N4O11. The summed E-state index contributed by atoms with van der Waals surface area (Å²) in [6.45, 7) is 3.94. The highest BCUT2D eigenvalue weighted by Crippen LogP contribution is 2.42. The first-order valence-corrected chi connectivity index (χ1v) is 15.1. The fourth-order valence-corrected chi connectivity index (χ4v) is 5.77. The van der Waals surface area contributed by atoms with Crippen molar-refractivity contribution >= 4 is 35.4 Å². The van der Waals surface area contributed by atoms with Gasteiger partial charge in [-0.2, -0.15) is 0 Å². The summed E-state index contributed by atoms with van der Waals surface area (Å²) in [5.41, 5.74) is 0. The standard InChI is InChI=1S/C21H32N2O8.C9H12N2O3/c1-10-6-7-12(9-30-21-18(27)17(26)16(25)11(2)31-21)15-14(10)19(28)23(20(15)29)8-4-5-13(24)22-3;1-10-7(12)3-2-6-11-8(13)4-5-9(11)14/h6-7,10-12,14-18,21,25-27H,4-5,8-9H2,1-3H3,(H,22,24);4-5H,2-3,6H2,1H3,(H,10,12)/t10?,11?,12?,14?,15?,16-,17-,18?,21+;/m0./s1. The number of aliphatic hydroxyl groups excluding tert-OH is 3. The molecule has 3 heterocycles. The molecule has 3 aliphatic heterocycles. The maximum atomic E-state index is 13.1. The molecule has 250 valence electrons. The molecule has 0 radical (unpaired) electrons. The Balaban J connectivity index is 0.000000330. The molecule has 0 spiro atoms. The maximum Gasteiger partial charge on any atom is 0.253 e. The number of nitrogens with one attached hydrogen (secondary N) is 2. The van der Waals surface area contributed by atoms with Crippen LogP contribution < -0.4 is 10.6 Å². The molecule has 2 fully saturated rings. The average molecular weight is 637 g/mol. The first kappa shape index (κ1) is 36.0. The fraction of sp³-hybridized carbons (Fsp3) is 0.667. The zero-order valence-corrected chi connectivity index (χ0v) is 26.0. The van der Waals surface area contributed by atoms with Crippen LogP contribution in [0, 0.1) is 23.7 Å². The van der Waals surface area contributed by atoms with E-state index in [4.69, 9.17) is 9.47 Å². The third-order valence-corrected chi connectivity index (χ3v) is 8.47. The minimum atomic E-state index is -1.43. The van der Waals surface area contributed by atoms with Gasteiger partial charge < -0.3 is 35.4 Å². The van der Waals surface area contributed by atoms with E-state index < -0.39 is 48.5 Å². The number of aliphatic hydroxyl groups is 3. The number of allylic oxidation sites excluding steroid dienone is 1. The van der Waals surface area contributed by atoms with Crippen LogP contribution in [0.2, 0.25) is 0 Å². The Bertz CT molecular complexity index is 1170. The number of ether oxygens (including phenoxy) is 2. The summed E-state index contributed by atoms with van der Waals surface area (Å²) in [6.07, 6.45) is 1.68. The van der Waals surface area contributed by atoms with Crippen molar-refractivity contribution in [2.24, 2.45) is 23.7 Å². The first-order valence-electron chi connectivity index (χ1n) is 15.1. The van der Waals surface area contributed by atoms with Gasteiger partial charge in [-0.15, -0.1) is 0 Å². The number of likely N-dealkylation sites (tertiary alicyclic amines) is 1. The van der Waals surface area contributed by atoms with Crippen LogP contribution in [0.25, 0.3) is 0 Å². The van der Waals surface area contributed by atoms with Crippen LogP contribution in [-0.2, 0) is 38.2 Å². The smallest absolute Gasteiger partial charge is 0.253 e. The Kier molecular flexibility index (Phi) is 12.9. The summed E-state index contributed by atoms with van der Waals surface area (Å²) in [7, 11) is 3.09. The second-order valence-electron chi connectivity index (χ2n) is 11.5. The SMILES string of the molecule is CNC(=O)CCCN1C(=O)C2C(C)C=CC(CO[C@@H]3OC(C)[C@H](O)[C@H](O)C3O)C2C1=O.CNC(=O)CCCN1C(=O)C=CC1=O. The van der Waals surface area contributed by atoms with Gasteiger partial charge in [-0.05, 0) is 25.7 Å². The Labute approximate surface area is 261 Å². The fourth-order valence-electron chi connectivity index (χ4n) is 5.77. The van der Waals surface area contributed by atoms with Crippen molar-refractivity contribution in [1.29, 1.82) is 0 Å². The molecule has 0 aromatic rings. The molecule has 0 aromatic heterocycles. The summed E-state index contributed by atoms with van der Waals surface area (Å²) in [5.74, 6) is -2.98. The molecule has 6 unspecified atom stereocenters. The maximum absolute atomic E-state index is 13.1. The van der Waals surface area contributed by atoms with Gasteiger partial charge in [-0.25, -0.2) is 0 Å². The summed E-state index contributed by atoms with van der Waals surface area (Å²) >= 11 is 0. The molecule has 1 aliphatic carbocycles. The van der Waals surface area contributed by atoms with Crippen LogP contribution in [0.3, 0.4) is 0 Å². The molecule has 6 amide bonds. The Hall–Kier alpha value is -3.50. The van der Waals surface area contributed by atoms with Crippen LogP contribution in [0.1, 0.15) is 39.5 Å². The van der Waals surface area contributed by atoms with E-state index in [0.717, 1.165) is 4.90 Å². The highest BCUT2D eigenvalue weighted by molar-refractivity contribution is 6.12. The molecule has 15 heteroatoms. The molecule has 5 N–H and O–H groups in total. The third-order valence-electron chi connectivity index (χ3n) is 8.47. The topological polar surface area (TPSA) is 212 Å². The quantitative estimate of drug-likeness (QED) is 0.126. The molecule has 0 saturated carbocycles. The second-order valence-corrected chi connectivity index (χ2v) is 11.5. The minimum Gasteiger partial charge on any atom is -0.388 e. The molecule has 2 saturated heterocycles. The van der Waals surface area contributed by atoms with Gasteiger partial charge in [0, 0.05) is 58.1 Å². The van der Waals surface area contributed by atoms with E-state index in [1.54, 1.807) is 14.0 Å². The molecular weight excluding hydrogens is 592 g/mol. The highest BCUT2D eigenvalue weighted by atomic mass is 16.7. The summed E-state index contributed by atoms with van der Waals surface area (Å²) < 4.78 is 11.1. The largest absolute Gasteiger partial charge is 0.388 e. The molecule has 15 nitrogen and oxygen atoms in total. The second kappa shape index (κ2) is 16.2. The van der Waals surface area contributed by atoms with Crippen LogP contribution in [0.15, 0.2) is 24.3 Å². The number of rotatable bonds is 11. The van der Waals surface area contributed by atoms with Gasteiger partial charge in [-0.1, -0.05) is 19.1 Å². The number of hydrogen-bond acceptors (Lipinski definition) is 11. The van der Waals surface area contributed by atoms with Crippen LogP contribution in [0.5, 0.6) is 0 Å². The van der Waals surface area contributed by atoms with Gasteiger partial charge >= 0.3 is 0 Å². The Morgan fingerprint density at radius 2 is 1.33 bits per heavy atom. The van der Waals surface area contributed by atoms with E-state index in [2.05, 4.69) is 10.6 Å². The predicted octanol–water partition coefficient (Wildman–Crippen LogP) is -1.78. The molecule has 4 rings (SSSR count). The minimum absolute atomic E-state index is 0.00670. The van der Waals surface area contributed by atoms with Crippen molar-refractivity contribution in [3.05, 3.63) is 24.3 Å². The van der Waals surface area contributed by atoms with E-state index >= 15 is 0 Å². The van der Waals surface area contributed by atoms with Crippen molar-refractivity contribution < 1.29 is 53.6 Å². The van der Waals surface area contributed by atoms with Gasteiger partial charge in [0.1, 0.15) is 18.3 Å². The lowest BCUT2D eigenvalue weighted by Gasteiger charge is -2.40. The van der Waals surface area contributed by atoms with Crippen molar-refractivity contribution in [3.8, 4) is 0 Å². The van der Waals surface area contributed by atoms with E-state index in [1.165, 1.54) is 24.1 Å². The highest BCUT2D eigenvalue weighted by Gasteiger charge is 2.53. The molecule has 4 aliphatic rings. The lowest BCUT2D eigenvalue weighted by Crippen LogP contribution is -2.57. The summed E-state index contributed by atoms with van der Waals surface area (Å²) in [6, 6.07) is 0. The molecule has 0 bridgehead atoms. The summed E-state index contributed by atoms with van der Waals surface area (Å²) in [4.78, 5) is 72.7. The van der Waals surface area contributed by atoms with Gasteiger partial charge in [0.25, 0.3) is 11.8 Å². The molecule has 9 atom stereocenters. The first-order chi connectivity index (χ1) is 21.3. The average Bonchev–Trinajstić information content (AvgIpc) is 3.48. The van der Waals surface area contributed by atoms with Gasteiger partial charge in [-0.3, -0.25) is 38.6 Å². The lowest BCUT2D eigenvalue weighted by molar-refractivity contribution is -0.295. The number of carbonyl (C=O) groups excluding carboxylic acids is 6. The number of fused-ring (bicyclic) bond motifs is 1. The van der Waals surface area contributed by atoms with E-state index in [1.807, 2.05) is 19.1 Å². The zero-order valence-electron chi connectivity index (χ0n) is 26.0. The summed E-state index contributed by atoms with van der Waals surface area (Å²) in [5, 5.41) is 34.9. The number of hydrogen-bond donors (Lipinski definition) is 5. The van der Waals surface area contributed by atoms with Crippen LogP contribution in [-0.4, -0.2) is 125 Å². The lowest BCUT2D eigenvalue weighted by atomic mass is 9.72. The van der Waals surface area contributed by atoms with Gasteiger partial charge in [0.15, 0.2) is 6.29 Å². The number of nitrogens with zero attached hydrogens (tertiary/aromatic N) is 2. The van der Waals surface area contributed by atoms with Crippen molar-refractivity contribution in [2.75, 3.05) is 33.8 Å². The van der Waals surface area contributed by atoms with Crippen molar-refractivity contribution in [3.63, 3.8) is 0 Å². The third kappa shape index (κ3) is 8.61. The number of amides is 6. The van der Waals surface area contributed by atoms with Crippen LogP contribution >= 0.6 is 0 Å². The molecule has 0 aromatic carbocycles. The number of imide groups is 2. The van der Waals surface area contributed by atoms with Gasteiger partial charge in [0.2, 0.25) is 23.6 Å². The van der Waals surface area contributed by atoms with Gasteiger partial charge in [0.05, 0.1) is 24.5 Å². The van der Waals surface area contributed by atoms with Crippen molar-refractivity contribution in [1.82, 2.24) is 20.4 Å². The zero-order chi connectivity index (χ0) is 33.4. The van der Waals surface area contributed by atoms with Crippen LogP contribution in [0.4, 0.5) is 0 Å². The predicted molar refractivity (Wildman–Crippen MR) is 156 cm³/mol. The van der Waals surface area contributed by atoms with E-state index in [0.29, 0.717) is 25.8 Å². The van der Waals surface area contributed by atoms with Crippen molar-refractivity contribution in [2.45, 2.75) is 70.2 Å². The Morgan fingerprint density at radius 1 is 0.800 bits per heavy atom.